The first-order valence-corrected chi connectivity index (χ1v) is 18.0. The Morgan fingerprint density at radius 1 is 0.321 bits per heavy atom. The van der Waals surface area contributed by atoms with Crippen molar-refractivity contribution in [3.05, 3.63) is 188 Å². The molecule has 0 aliphatic heterocycles. The number of nitrogens with zero attached hydrogens (tertiary/aromatic N) is 1. The van der Waals surface area contributed by atoms with E-state index in [4.69, 9.17) is 8.83 Å². The van der Waals surface area contributed by atoms with Gasteiger partial charge < -0.3 is 13.7 Å². The van der Waals surface area contributed by atoms with E-state index in [2.05, 4.69) is 169 Å². The summed E-state index contributed by atoms with van der Waals surface area (Å²) in [5, 5.41) is 9.40. The molecule has 0 radical (unpaired) electrons. The maximum atomic E-state index is 6.36. The first-order chi connectivity index (χ1) is 26.3. The van der Waals surface area contributed by atoms with E-state index in [1.807, 2.05) is 24.3 Å². The van der Waals surface area contributed by atoms with Crippen molar-refractivity contribution < 1.29 is 8.83 Å². The van der Waals surface area contributed by atoms with Crippen molar-refractivity contribution in [2.45, 2.75) is 0 Å². The van der Waals surface area contributed by atoms with Crippen LogP contribution in [-0.2, 0) is 0 Å². The van der Waals surface area contributed by atoms with Crippen LogP contribution in [0.3, 0.4) is 0 Å². The minimum absolute atomic E-state index is 0.869. The number of hydrogen-bond acceptors (Lipinski definition) is 3. The van der Waals surface area contributed by atoms with Gasteiger partial charge >= 0.3 is 0 Å². The van der Waals surface area contributed by atoms with Gasteiger partial charge in [-0.1, -0.05) is 127 Å². The van der Waals surface area contributed by atoms with E-state index >= 15 is 0 Å². The second-order valence-electron chi connectivity index (χ2n) is 13.7. The predicted octanol–water partition coefficient (Wildman–Crippen LogP) is 14.6. The molecule has 2 heterocycles. The fraction of sp³-hybridized carbons (Fsp3) is 0. The monoisotopic (exact) mass is 677 g/mol. The van der Waals surface area contributed by atoms with Crippen LogP contribution in [0.25, 0.3) is 87.7 Å². The number of furan rings is 2. The summed E-state index contributed by atoms with van der Waals surface area (Å²) in [6.07, 6.45) is 0. The molecule has 2 aromatic heterocycles. The van der Waals surface area contributed by atoms with Crippen LogP contribution in [0.5, 0.6) is 0 Å². The van der Waals surface area contributed by atoms with E-state index in [1.54, 1.807) is 0 Å². The van der Waals surface area contributed by atoms with Crippen molar-refractivity contribution in [3.8, 4) is 22.3 Å². The number of hydrogen-bond donors (Lipinski definition) is 0. The molecule has 11 aromatic rings. The Kier molecular flexibility index (Phi) is 6.55. The van der Waals surface area contributed by atoms with E-state index < -0.39 is 0 Å². The summed E-state index contributed by atoms with van der Waals surface area (Å²) < 4.78 is 12.5. The highest BCUT2D eigenvalue weighted by molar-refractivity contribution is 6.19. The molecule has 9 aromatic carbocycles. The van der Waals surface area contributed by atoms with Crippen LogP contribution in [0.2, 0.25) is 0 Å². The zero-order chi connectivity index (χ0) is 34.9. The average Bonchev–Trinajstić information content (AvgIpc) is 3.80. The van der Waals surface area contributed by atoms with Gasteiger partial charge in [-0.25, -0.2) is 0 Å². The molecule has 0 aliphatic rings. The Bertz CT molecular complexity index is 3160. The molecule has 0 N–H and O–H groups in total. The maximum Gasteiger partial charge on any atom is 0.137 e. The van der Waals surface area contributed by atoms with Crippen molar-refractivity contribution in [1.82, 2.24) is 0 Å². The van der Waals surface area contributed by atoms with E-state index in [1.165, 1.54) is 43.6 Å². The number of anilines is 3. The molecule has 0 amide bonds. The molecular formula is C50H31NO2. The molecule has 0 saturated heterocycles. The summed E-state index contributed by atoms with van der Waals surface area (Å²) in [6, 6.07) is 66.9. The minimum Gasteiger partial charge on any atom is -0.456 e. The lowest BCUT2D eigenvalue weighted by Gasteiger charge is -2.26. The fourth-order valence-corrected chi connectivity index (χ4v) is 8.17. The van der Waals surface area contributed by atoms with Crippen molar-refractivity contribution >= 4 is 82.5 Å². The molecule has 0 aliphatic carbocycles. The van der Waals surface area contributed by atoms with Crippen molar-refractivity contribution in [2.75, 3.05) is 4.90 Å². The first kappa shape index (κ1) is 29.6. The SMILES string of the molecule is c1ccc2c(-c3ccc(N(c4ccc(-c5ccc6c(ccc7oc8ccccc8c76)c5)cc4)c4cccc5oc6ccccc6c45)cc3)cccc2c1. The normalized spacial score (nSPS) is 11.8. The number of benzene rings is 9. The highest BCUT2D eigenvalue weighted by Gasteiger charge is 2.20. The quantitative estimate of drug-likeness (QED) is 0.182. The first-order valence-electron chi connectivity index (χ1n) is 18.0. The summed E-state index contributed by atoms with van der Waals surface area (Å²) in [5.41, 5.74) is 11.5. The lowest BCUT2D eigenvalue weighted by atomic mass is 9.97. The summed E-state index contributed by atoms with van der Waals surface area (Å²) in [4.78, 5) is 2.35. The molecule has 11 rings (SSSR count). The molecular weight excluding hydrogens is 647 g/mol. The zero-order valence-electron chi connectivity index (χ0n) is 28.7. The third-order valence-corrected chi connectivity index (χ3v) is 10.7. The molecule has 3 nitrogen and oxygen atoms in total. The molecule has 3 heteroatoms. The van der Waals surface area contributed by atoms with Crippen LogP contribution in [0.4, 0.5) is 17.1 Å². The van der Waals surface area contributed by atoms with Gasteiger partial charge in [-0.15, -0.1) is 0 Å². The molecule has 0 spiro atoms. The van der Waals surface area contributed by atoms with Crippen LogP contribution in [0.15, 0.2) is 197 Å². The largest absolute Gasteiger partial charge is 0.456 e. The maximum absolute atomic E-state index is 6.36. The van der Waals surface area contributed by atoms with Crippen LogP contribution >= 0.6 is 0 Å². The van der Waals surface area contributed by atoms with Crippen LogP contribution in [0, 0.1) is 0 Å². The molecule has 0 unspecified atom stereocenters. The topological polar surface area (TPSA) is 29.5 Å². The zero-order valence-corrected chi connectivity index (χ0v) is 28.7. The smallest absolute Gasteiger partial charge is 0.137 e. The van der Waals surface area contributed by atoms with Gasteiger partial charge in [0.2, 0.25) is 0 Å². The van der Waals surface area contributed by atoms with Crippen molar-refractivity contribution in [3.63, 3.8) is 0 Å². The standard InChI is InChI=1S/C50H31NO2/c1-2-11-39-33(9-1)10-7-14-40(39)34-21-27-38(28-22-34)51(44-15-8-18-47-50(44)43-13-4-6-17-46(43)52-47)37-25-19-32(20-26-37)35-23-29-41-36(31-35)24-30-48-49(41)42-12-3-5-16-45(42)53-48/h1-31H. The molecule has 0 fully saturated rings. The highest BCUT2D eigenvalue weighted by atomic mass is 16.3. The molecule has 0 atom stereocenters. The average molecular weight is 678 g/mol. The Balaban J connectivity index is 1.03. The van der Waals surface area contributed by atoms with Gasteiger partial charge in [-0.3, -0.25) is 0 Å². The second-order valence-corrected chi connectivity index (χ2v) is 13.7. The summed E-state index contributed by atoms with van der Waals surface area (Å²) in [6.45, 7) is 0. The molecule has 0 saturated carbocycles. The van der Waals surface area contributed by atoms with E-state index in [0.717, 1.165) is 61.1 Å². The van der Waals surface area contributed by atoms with Gasteiger partial charge in [-0.05, 0) is 104 Å². The van der Waals surface area contributed by atoms with Crippen LogP contribution in [0.1, 0.15) is 0 Å². The van der Waals surface area contributed by atoms with Crippen LogP contribution < -0.4 is 4.90 Å². The van der Waals surface area contributed by atoms with Gasteiger partial charge in [0.15, 0.2) is 0 Å². The minimum atomic E-state index is 0.869. The van der Waals surface area contributed by atoms with E-state index in [-0.39, 0.29) is 0 Å². The number of para-hydroxylation sites is 2. The molecule has 0 bridgehead atoms. The van der Waals surface area contributed by atoms with Gasteiger partial charge in [0.05, 0.1) is 11.1 Å². The lowest BCUT2D eigenvalue weighted by Crippen LogP contribution is -2.10. The Hall–Kier alpha value is -7.10. The van der Waals surface area contributed by atoms with E-state index in [0.29, 0.717) is 0 Å². The van der Waals surface area contributed by atoms with Gasteiger partial charge in [0, 0.05) is 27.5 Å². The van der Waals surface area contributed by atoms with Gasteiger partial charge in [0.1, 0.15) is 22.3 Å². The Morgan fingerprint density at radius 2 is 0.887 bits per heavy atom. The Labute approximate surface area is 305 Å². The van der Waals surface area contributed by atoms with Gasteiger partial charge in [0.25, 0.3) is 0 Å². The molecule has 248 valence electrons. The van der Waals surface area contributed by atoms with Crippen molar-refractivity contribution in [2.24, 2.45) is 0 Å². The number of fused-ring (bicyclic) bond motifs is 9. The lowest BCUT2D eigenvalue weighted by molar-refractivity contribution is 0.668. The Morgan fingerprint density at radius 3 is 1.64 bits per heavy atom. The molecule has 53 heavy (non-hydrogen) atoms. The fourth-order valence-electron chi connectivity index (χ4n) is 8.17. The summed E-state index contributed by atoms with van der Waals surface area (Å²) >= 11 is 0. The highest BCUT2D eigenvalue weighted by Crippen LogP contribution is 2.44. The third-order valence-electron chi connectivity index (χ3n) is 10.7. The van der Waals surface area contributed by atoms with E-state index in [9.17, 15) is 0 Å². The summed E-state index contributed by atoms with van der Waals surface area (Å²) in [5.74, 6) is 0. The summed E-state index contributed by atoms with van der Waals surface area (Å²) in [7, 11) is 0. The number of rotatable bonds is 5. The van der Waals surface area contributed by atoms with Crippen LogP contribution in [-0.4, -0.2) is 0 Å². The van der Waals surface area contributed by atoms with Gasteiger partial charge in [-0.2, -0.15) is 0 Å². The second kappa shape index (κ2) is 11.7. The third kappa shape index (κ3) is 4.75. The van der Waals surface area contributed by atoms with Crippen molar-refractivity contribution in [1.29, 1.82) is 0 Å². The predicted molar refractivity (Wildman–Crippen MR) is 222 cm³/mol.